The molecule has 0 bridgehead atoms. The smallest absolute Gasteiger partial charge is 0.410 e. The second-order valence-electron chi connectivity index (χ2n) is 6.18. The van der Waals surface area contributed by atoms with E-state index >= 15 is 0 Å². The molecule has 1 aliphatic heterocycles. The Bertz CT molecular complexity index is 323. The van der Waals surface area contributed by atoms with Crippen LogP contribution in [0.5, 0.6) is 0 Å². The number of likely N-dealkylation sites (tertiary alicyclic amines) is 1. The summed E-state index contributed by atoms with van der Waals surface area (Å²) in [6.45, 7) is 9.10. The van der Waals surface area contributed by atoms with Crippen molar-refractivity contribution in [2.75, 3.05) is 13.1 Å². The number of ether oxygens (including phenoxy) is 1. The first-order valence-corrected chi connectivity index (χ1v) is 6.50. The van der Waals surface area contributed by atoms with Crippen molar-refractivity contribution in [2.24, 2.45) is 17.6 Å². The van der Waals surface area contributed by atoms with Gasteiger partial charge in [0.1, 0.15) is 5.60 Å². The molecule has 18 heavy (non-hydrogen) atoms. The number of nitrogens with two attached hydrogens (primary N) is 1. The predicted molar refractivity (Wildman–Crippen MR) is 71.6 cm³/mol. The molecule has 2 atom stereocenters. The van der Waals surface area contributed by atoms with Gasteiger partial charge in [-0.05, 0) is 39.0 Å². The summed E-state index contributed by atoms with van der Waals surface area (Å²) in [6, 6.07) is 0. The Labute approximate surface area is 109 Å². The highest BCUT2D eigenvalue weighted by molar-refractivity contribution is 5.77. The third kappa shape index (κ3) is 4.55. The molecule has 5 nitrogen and oxygen atoms in total. The predicted octanol–water partition coefficient (Wildman–Crippen LogP) is 2.21. The second kappa shape index (κ2) is 5.59. The van der Waals surface area contributed by atoms with Crippen LogP contribution in [-0.4, -0.2) is 35.5 Å². The maximum absolute atomic E-state index is 11.9. The highest BCUT2D eigenvalue weighted by atomic mass is 16.6. The zero-order valence-electron chi connectivity index (χ0n) is 11.8. The molecular weight excluding hydrogens is 230 g/mol. The molecule has 3 N–H and O–H groups in total. The molecule has 1 saturated heterocycles. The van der Waals surface area contributed by atoms with E-state index in [4.69, 9.17) is 15.9 Å². The molecule has 1 amide bonds. The van der Waals surface area contributed by atoms with Crippen LogP contribution in [0.2, 0.25) is 0 Å². The van der Waals surface area contributed by atoms with Gasteiger partial charge >= 0.3 is 6.09 Å². The number of nitrogens with zero attached hydrogens (tertiary/aromatic N) is 1. The van der Waals surface area contributed by atoms with E-state index in [9.17, 15) is 4.79 Å². The van der Waals surface area contributed by atoms with E-state index in [-0.39, 0.29) is 11.9 Å². The van der Waals surface area contributed by atoms with E-state index < -0.39 is 5.60 Å². The Morgan fingerprint density at radius 2 is 2.11 bits per heavy atom. The molecule has 104 valence electrons. The molecule has 0 aromatic heterocycles. The van der Waals surface area contributed by atoms with Crippen molar-refractivity contribution in [3.05, 3.63) is 0 Å². The maximum atomic E-state index is 11.9. The minimum atomic E-state index is -0.448. The van der Waals surface area contributed by atoms with Gasteiger partial charge in [0.25, 0.3) is 0 Å². The lowest BCUT2D eigenvalue weighted by Gasteiger charge is -2.37. The summed E-state index contributed by atoms with van der Waals surface area (Å²) in [6.07, 6.45) is 1.28. The minimum Gasteiger partial charge on any atom is -0.444 e. The van der Waals surface area contributed by atoms with Gasteiger partial charge in [-0.3, -0.25) is 5.41 Å². The maximum Gasteiger partial charge on any atom is 0.410 e. The van der Waals surface area contributed by atoms with Crippen LogP contribution in [-0.2, 0) is 4.74 Å². The van der Waals surface area contributed by atoms with Crippen LogP contribution >= 0.6 is 0 Å². The fourth-order valence-corrected chi connectivity index (χ4v) is 2.27. The van der Waals surface area contributed by atoms with Gasteiger partial charge in [-0.25, -0.2) is 4.79 Å². The molecular formula is C13H25N3O2. The van der Waals surface area contributed by atoms with E-state index in [1.807, 2.05) is 20.8 Å². The lowest BCUT2D eigenvalue weighted by atomic mass is 9.84. The van der Waals surface area contributed by atoms with E-state index in [0.717, 1.165) is 6.42 Å². The summed E-state index contributed by atoms with van der Waals surface area (Å²) in [5.41, 5.74) is 4.99. The third-order valence-corrected chi connectivity index (χ3v) is 3.22. The SMILES string of the molecule is CC1CN(C(=O)OC(C)(C)C)CCC1CC(=N)N. The molecule has 1 aliphatic rings. The monoisotopic (exact) mass is 255 g/mol. The van der Waals surface area contributed by atoms with Crippen molar-refractivity contribution in [3.8, 4) is 0 Å². The fraction of sp³-hybridized carbons (Fsp3) is 0.846. The first kappa shape index (κ1) is 14.8. The van der Waals surface area contributed by atoms with Crippen molar-refractivity contribution in [3.63, 3.8) is 0 Å². The quantitative estimate of drug-likeness (QED) is 0.586. The minimum absolute atomic E-state index is 0.234. The first-order chi connectivity index (χ1) is 8.19. The lowest BCUT2D eigenvalue weighted by molar-refractivity contribution is 0.0121. The molecule has 0 aliphatic carbocycles. The Morgan fingerprint density at radius 1 is 1.50 bits per heavy atom. The van der Waals surface area contributed by atoms with Crippen molar-refractivity contribution in [1.29, 1.82) is 5.41 Å². The van der Waals surface area contributed by atoms with Crippen LogP contribution in [0.15, 0.2) is 0 Å². The normalized spacial score (nSPS) is 24.8. The highest BCUT2D eigenvalue weighted by Gasteiger charge is 2.31. The number of piperidine rings is 1. The number of amides is 1. The van der Waals surface area contributed by atoms with E-state index in [1.165, 1.54) is 0 Å². The third-order valence-electron chi connectivity index (χ3n) is 3.22. The van der Waals surface area contributed by atoms with Crippen molar-refractivity contribution >= 4 is 11.9 Å². The van der Waals surface area contributed by atoms with Gasteiger partial charge < -0.3 is 15.4 Å². The summed E-state index contributed by atoms with van der Waals surface area (Å²) in [4.78, 5) is 13.7. The number of carbonyl (C=O) groups excluding carboxylic acids is 1. The molecule has 0 aromatic carbocycles. The molecule has 1 rings (SSSR count). The van der Waals surface area contributed by atoms with E-state index in [0.29, 0.717) is 31.3 Å². The molecule has 0 saturated carbocycles. The van der Waals surface area contributed by atoms with E-state index in [2.05, 4.69) is 6.92 Å². The van der Waals surface area contributed by atoms with E-state index in [1.54, 1.807) is 4.90 Å². The number of carbonyl (C=O) groups is 1. The van der Waals surface area contributed by atoms with Crippen LogP contribution in [0, 0.1) is 17.2 Å². The molecule has 0 aromatic rings. The number of amidine groups is 1. The molecule has 2 unspecified atom stereocenters. The summed E-state index contributed by atoms with van der Waals surface area (Å²) < 4.78 is 5.36. The topological polar surface area (TPSA) is 79.4 Å². The van der Waals surface area contributed by atoms with Gasteiger partial charge in [0.2, 0.25) is 0 Å². The molecule has 0 radical (unpaired) electrons. The van der Waals surface area contributed by atoms with Gasteiger partial charge in [0.05, 0.1) is 5.84 Å². The van der Waals surface area contributed by atoms with Crippen LogP contribution in [0.1, 0.15) is 40.5 Å². The lowest BCUT2D eigenvalue weighted by Crippen LogP contribution is -2.45. The Balaban J connectivity index is 2.50. The highest BCUT2D eigenvalue weighted by Crippen LogP contribution is 2.27. The van der Waals surface area contributed by atoms with Gasteiger partial charge in [-0.2, -0.15) is 0 Å². The van der Waals surface area contributed by atoms with Crippen LogP contribution < -0.4 is 5.73 Å². The average Bonchev–Trinajstić information content (AvgIpc) is 2.17. The standard InChI is InChI=1S/C13H25N3O2/c1-9-8-16(12(17)18-13(2,3)4)6-5-10(9)7-11(14)15/h9-10H,5-8H2,1-4H3,(H3,14,15). The first-order valence-electron chi connectivity index (χ1n) is 6.50. The summed E-state index contributed by atoms with van der Waals surface area (Å²) >= 11 is 0. The fourth-order valence-electron chi connectivity index (χ4n) is 2.27. The number of hydrogen-bond donors (Lipinski definition) is 2. The molecule has 1 fully saturated rings. The zero-order valence-corrected chi connectivity index (χ0v) is 11.8. The van der Waals surface area contributed by atoms with Crippen molar-refractivity contribution in [1.82, 2.24) is 4.90 Å². The molecule has 1 heterocycles. The van der Waals surface area contributed by atoms with Gasteiger partial charge in [0, 0.05) is 19.5 Å². The number of nitrogens with one attached hydrogen (secondary N) is 1. The van der Waals surface area contributed by atoms with Crippen LogP contribution in [0.4, 0.5) is 4.79 Å². The summed E-state index contributed by atoms with van der Waals surface area (Å²) in [5.74, 6) is 0.994. The number of rotatable bonds is 2. The summed E-state index contributed by atoms with van der Waals surface area (Å²) in [5, 5.41) is 7.35. The molecule has 5 heteroatoms. The number of hydrogen-bond acceptors (Lipinski definition) is 3. The van der Waals surface area contributed by atoms with Gasteiger partial charge in [-0.1, -0.05) is 6.92 Å². The Hall–Kier alpha value is -1.26. The van der Waals surface area contributed by atoms with Crippen LogP contribution in [0.3, 0.4) is 0 Å². The molecule has 0 spiro atoms. The Morgan fingerprint density at radius 3 is 2.56 bits per heavy atom. The van der Waals surface area contributed by atoms with Crippen molar-refractivity contribution in [2.45, 2.75) is 46.1 Å². The largest absolute Gasteiger partial charge is 0.444 e. The average molecular weight is 255 g/mol. The van der Waals surface area contributed by atoms with Gasteiger partial charge in [-0.15, -0.1) is 0 Å². The zero-order chi connectivity index (χ0) is 13.9. The Kier molecular flexibility index (Phi) is 4.59. The van der Waals surface area contributed by atoms with Crippen LogP contribution in [0.25, 0.3) is 0 Å². The van der Waals surface area contributed by atoms with Crippen molar-refractivity contribution < 1.29 is 9.53 Å². The summed E-state index contributed by atoms with van der Waals surface area (Å²) in [7, 11) is 0. The van der Waals surface area contributed by atoms with Gasteiger partial charge in [0.15, 0.2) is 0 Å². The second-order valence-corrected chi connectivity index (χ2v) is 6.18.